The van der Waals surface area contributed by atoms with Crippen molar-refractivity contribution in [1.29, 1.82) is 0 Å². The third-order valence-electron chi connectivity index (χ3n) is 4.24. The number of ether oxygens (including phenoxy) is 3. The van der Waals surface area contributed by atoms with E-state index >= 15 is 0 Å². The normalized spacial score (nSPS) is 10.4. The Balaban J connectivity index is 1.85. The highest BCUT2D eigenvalue weighted by molar-refractivity contribution is 9.10. The third kappa shape index (κ3) is 6.75. The van der Waals surface area contributed by atoms with Gasteiger partial charge in [0.2, 0.25) is 0 Å². The number of unbranched alkanes of at least 4 members (excludes halogenated alkanes) is 1. The second kappa shape index (κ2) is 11.6. The molecule has 0 aliphatic heterocycles. The predicted octanol–water partition coefficient (Wildman–Crippen LogP) is 4.89. The molecule has 6 heteroatoms. The maximum absolute atomic E-state index is 12.1. The summed E-state index contributed by atoms with van der Waals surface area (Å²) in [5.41, 5.74) is 2.14. The van der Waals surface area contributed by atoms with Crippen molar-refractivity contribution in [2.45, 2.75) is 39.7 Å². The lowest BCUT2D eigenvalue weighted by atomic mass is 10.2. The van der Waals surface area contributed by atoms with Crippen LogP contribution in [0.5, 0.6) is 17.2 Å². The van der Waals surface area contributed by atoms with E-state index in [0.717, 1.165) is 35.0 Å². The van der Waals surface area contributed by atoms with Gasteiger partial charge >= 0.3 is 0 Å². The number of aryl methyl sites for hydroxylation is 1. The van der Waals surface area contributed by atoms with Crippen LogP contribution in [-0.2, 0) is 17.8 Å². The molecule has 0 spiro atoms. The number of halogens is 1. The molecule has 0 radical (unpaired) electrons. The van der Waals surface area contributed by atoms with Gasteiger partial charge in [-0.1, -0.05) is 32.4 Å². The minimum atomic E-state index is -0.186. The summed E-state index contributed by atoms with van der Waals surface area (Å²) in [6.07, 6.45) is 3.03. The van der Waals surface area contributed by atoms with E-state index in [9.17, 15) is 4.79 Å². The quantitative estimate of drug-likeness (QED) is 0.495. The number of nitrogens with one attached hydrogen (secondary N) is 1. The Hall–Kier alpha value is -2.21. The predicted molar refractivity (Wildman–Crippen MR) is 114 cm³/mol. The van der Waals surface area contributed by atoms with Crippen molar-refractivity contribution in [3.8, 4) is 17.2 Å². The number of hydrogen-bond donors (Lipinski definition) is 1. The minimum Gasteiger partial charge on any atom is -0.493 e. The van der Waals surface area contributed by atoms with Crippen LogP contribution in [-0.4, -0.2) is 26.2 Å². The van der Waals surface area contributed by atoms with Crippen LogP contribution in [0, 0.1) is 0 Å². The lowest BCUT2D eigenvalue weighted by molar-refractivity contribution is -0.123. The number of methoxy groups -OCH3 is 1. The van der Waals surface area contributed by atoms with Crippen LogP contribution in [0.4, 0.5) is 0 Å². The Morgan fingerprint density at radius 2 is 1.75 bits per heavy atom. The second-order valence-corrected chi connectivity index (χ2v) is 7.23. The first-order valence-corrected chi connectivity index (χ1v) is 10.3. The molecular formula is C22H28BrNO4. The molecule has 1 amide bonds. The zero-order chi connectivity index (χ0) is 20.4. The standard InChI is InChI=1S/C22H28BrNO4/c1-4-6-11-27-20-10-8-17(13-21(20)26-3)14-24-22(25)15-28-19-9-7-16(5-2)12-18(19)23/h7-10,12-13H,4-6,11,14-15H2,1-3H3,(H,24,25). The Kier molecular flexibility index (Phi) is 9.14. The largest absolute Gasteiger partial charge is 0.493 e. The minimum absolute atomic E-state index is 0.0422. The average molecular weight is 450 g/mol. The van der Waals surface area contributed by atoms with E-state index in [4.69, 9.17) is 14.2 Å². The molecule has 0 heterocycles. The van der Waals surface area contributed by atoms with E-state index in [-0.39, 0.29) is 12.5 Å². The molecule has 0 bridgehead atoms. The topological polar surface area (TPSA) is 56.8 Å². The molecule has 152 valence electrons. The zero-order valence-corrected chi connectivity index (χ0v) is 18.3. The van der Waals surface area contributed by atoms with Gasteiger partial charge in [-0.15, -0.1) is 0 Å². The summed E-state index contributed by atoms with van der Waals surface area (Å²) >= 11 is 3.48. The van der Waals surface area contributed by atoms with Gasteiger partial charge in [-0.2, -0.15) is 0 Å². The molecule has 0 aliphatic carbocycles. The maximum Gasteiger partial charge on any atom is 0.258 e. The lowest BCUT2D eigenvalue weighted by Crippen LogP contribution is -2.28. The van der Waals surface area contributed by atoms with Gasteiger partial charge in [0.05, 0.1) is 18.2 Å². The van der Waals surface area contributed by atoms with Crippen molar-refractivity contribution in [2.24, 2.45) is 0 Å². The Labute approximate surface area is 175 Å². The van der Waals surface area contributed by atoms with E-state index in [0.29, 0.717) is 24.7 Å². The van der Waals surface area contributed by atoms with E-state index in [1.165, 1.54) is 5.56 Å². The first-order chi connectivity index (χ1) is 13.6. The number of carbonyl (C=O) groups excluding carboxylic acids is 1. The van der Waals surface area contributed by atoms with Crippen molar-refractivity contribution >= 4 is 21.8 Å². The highest BCUT2D eigenvalue weighted by Crippen LogP contribution is 2.28. The van der Waals surface area contributed by atoms with Crippen LogP contribution < -0.4 is 19.5 Å². The first kappa shape index (κ1) is 22.1. The Morgan fingerprint density at radius 3 is 2.43 bits per heavy atom. The Morgan fingerprint density at radius 1 is 1.00 bits per heavy atom. The van der Waals surface area contributed by atoms with Gasteiger partial charge < -0.3 is 19.5 Å². The average Bonchev–Trinajstić information content (AvgIpc) is 2.71. The van der Waals surface area contributed by atoms with Crippen LogP contribution in [0.2, 0.25) is 0 Å². The van der Waals surface area contributed by atoms with Crippen LogP contribution in [0.15, 0.2) is 40.9 Å². The molecule has 0 saturated carbocycles. The van der Waals surface area contributed by atoms with Gasteiger partial charge in [0.25, 0.3) is 5.91 Å². The molecule has 0 aliphatic rings. The molecule has 0 aromatic heterocycles. The van der Waals surface area contributed by atoms with Gasteiger partial charge in [-0.05, 0) is 64.2 Å². The molecule has 2 rings (SSSR count). The fraction of sp³-hybridized carbons (Fsp3) is 0.409. The molecule has 2 aromatic rings. The molecule has 28 heavy (non-hydrogen) atoms. The molecule has 0 atom stereocenters. The van der Waals surface area contributed by atoms with Crippen LogP contribution in [0.1, 0.15) is 37.8 Å². The van der Waals surface area contributed by atoms with Gasteiger partial charge in [0.15, 0.2) is 18.1 Å². The molecule has 0 saturated heterocycles. The van der Waals surface area contributed by atoms with Crippen LogP contribution in [0.3, 0.4) is 0 Å². The summed E-state index contributed by atoms with van der Waals surface area (Å²) < 4.78 is 17.6. The van der Waals surface area contributed by atoms with E-state index < -0.39 is 0 Å². The molecular weight excluding hydrogens is 422 g/mol. The number of hydrogen-bond acceptors (Lipinski definition) is 4. The number of rotatable bonds is 11. The number of benzene rings is 2. The fourth-order valence-electron chi connectivity index (χ4n) is 2.54. The summed E-state index contributed by atoms with van der Waals surface area (Å²) in [5.74, 6) is 1.85. The smallest absolute Gasteiger partial charge is 0.258 e. The summed E-state index contributed by atoms with van der Waals surface area (Å²) in [6, 6.07) is 11.5. The van der Waals surface area contributed by atoms with Gasteiger partial charge in [-0.3, -0.25) is 4.79 Å². The van der Waals surface area contributed by atoms with Crippen LogP contribution >= 0.6 is 15.9 Å². The summed E-state index contributed by atoms with van der Waals surface area (Å²) in [4.78, 5) is 12.1. The van der Waals surface area contributed by atoms with Gasteiger partial charge in [0, 0.05) is 6.54 Å². The van der Waals surface area contributed by atoms with Crippen molar-refractivity contribution in [3.05, 3.63) is 52.0 Å². The van der Waals surface area contributed by atoms with Gasteiger partial charge in [0.1, 0.15) is 5.75 Å². The summed E-state index contributed by atoms with van der Waals surface area (Å²) in [7, 11) is 1.61. The van der Waals surface area contributed by atoms with Crippen molar-refractivity contribution in [1.82, 2.24) is 5.32 Å². The fourth-order valence-corrected chi connectivity index (χ4v) is 3.08. The van der Waals surface area contributed by atoms with Crippen LogP contribution in [0.25, 0.3) is 0 Å². The number of amides is 1. The highest BCUT2D eigenvalue weighted by Gasteiger charge is 2.09. The monoisotopic (exact) mass is 449 g/mol. The molecule has 0 unspecified atom stereocenters. The lowest BCUT2D eigenvalue weighted by Gasteiger charge is -2.13. The SMILES string of the molecule is CCCCOc1ccc(CNC(=O)COc2ccc(CC)cc2Br)cc1OC. The summed E-state index contributed by atoms with van der Waals surface area (Å²) in [6.45, 7) is 5.22. The summed E-state index contributed by atoms with van der Waals surface area (Å²) in [5, 5.41) is 2.86. The molecule has 0 fully saturated rings. The first-order valence-electron chi connectivity index (χ1n) is 9.55. The molecule has 1 N–H and O–H groups in total. The Bertz CT molecular complexity index is 779. The van der Waals surface area contributed by atoms with Gasteiger partial charge in [-0.25, -0.2) is 0 Å². The van der Waals surface area contributed by atoms with E-state index in [2.05, 4.69) is 35.1 Å². The van der Waals surface area contributed by atoms with Crippen molar-refractivity contribution < 1.29 is 19.0 Å². The third-order valence-corrected chi connectivity index (χ3v) is 4.86. The van der Waals surface area contributed by atoms with E-state index in [1.807, 2.05) is 36.4 Å². The maximum atomic E-state index is 12.1. The van der Waals surface area contributed by atoms with Crippen molar-refractivity contribution in [2.75, 3.05) is 20.3 Å². The molecule has 2 aromatic carbocycles. The highest BCUT2D eigenvalue weighted by atomic mass is 79.9. The van der Waals surface area contributed by atoms with E-state index in [1.54, 1.807) is 7.11 Å². The molecule has 5 nitrogen and oxygen atoms in total. The second-order valence-electron chi connectivity index (χ2n) is 6.37. The van der Waals surface area contributed by atoms with Crippen molar-refractivity contribution in [3.63, 3.8) is 0 Å². The zero-order valence-electron chi connectivity index (χ0n) is 16.7. The number of carbonyl (C=O) groups is 1.